The zero-order valence-electron chi connectivity index (χ0n) is 15.0. The van der Waals surface area contributed by atoms with Crippen LogP contribution >= 0.6 is 0 Å². The summed E-state index contributed by atoms with van der Waals surface area (Å²) in [6, 6.07) is 17.9. The monoisotopic (exact) mass is 350 g/mol. The summed E-state index contributed by atoms with van der Waals surface area (Å²) in [7, 11) is 3.23. The molecular formula is C21H22N2O3. The summed E-state index contributed by atoms with van der Waals surface area (Å²) in [5, 5.41) is 0. The third-order valence-electron chi connectivity index (χ3n) is 5.55. The van der Waals surface area contributed by atoms with Crippen molar-refractivity contribution in [1.29, 1.82) is 0 Å². The molecule has 5 nitrogen and oxygen atoms in total. The molecule has 26 heavy (non-hydrogen) atoms. The molecule has 0 aromatic heterocycles. The summed E-state index contributed by atoms with van der Waals surface area (Å²) in [6.07, 6.45) is 0. The van der Waals surface area contributed by atoms with Gasteiger partial charge >= 0.3 is 0 Å². The Morgan fingerprint density at radius 2 is 1.69 bits per heavy atom. The van der Waals surface area contributed by atoms with Gasteiger partial charge in [0, 0.05) is 26.2 Å². The minimum Gasteiger partial charge on any atom is -0.497 e. The Morgan fingerprint density at radius 1 is 1.00 bits per heavy atom. The number of ether oxygens (including phenoxy) is 1. The van der Waals surface area contributed by atoms with E-state index in [2.05, 4.69) is 17.0 Å². The average Bonchev–Trinajstić information content (AvgIpc) is 3.14. The highest BCUT2D eigenvalue weighted by Gasteiger charge is 2.56. The average molecular weight is 350 g/mol. The lowest BCUT2D eigenvalue weighted by Gasteiger charge is -2.28. The number of amides is 2. The Kier molecular flexibility index (Phi) is 4.24. The van der Waals surface area contributed by atoms with E-state index in [0.29, 0.717) is 6.54 Å². The molecule has 2 aromatic carbocycles. The number of nitrogens with zero attached hydrogens (tertiary/aromatic N) is 2. The molecule has 0 aliphatic carbocycles. The fourth-order valence-electron chi connectivity index (χ4n) is 4.25. The van der Waals surface area contributed by atoms with Crippen molar-refractivity contribution in [2.75, 3.05) is 20.7 Å². The molecule has 0 saturated carbocycles. The first-order valence-electron chi connectivity index (χ1n) is 8.83. The number of fused-ring (bicyclic) bond motifs is 1. The van der Waals surface area contributed by atoms with E-state index in [-0.39, 0.29) is 29.7 Å². The maximum Gasteiger partial charge on any atom is 0.234 e. The van der Waals surface area contributed by atoms with Crippen LogP contribution in [-0.2, 0) is 16.1 Å². The molecule has 5 heteroatoms. The van der Waals surface area contributed by atoms with Gasteiger partial charge in [-0.15, -0.1) is 0 Å². The molecule has 0 radical (unpaired) electrons. The van der Waals surface area contributed by atoms with Crippen molar-refractivity contribution in [3.8, 4) is 5.75 Å². The number of carbonyl (C=O) groups is 2. The predicted octanol–water partition coefficient (Wildman–Crippen LogP) is 2.48. The summed E-state index contributed by atoms with van der Waals surface area (Å²) in [4.78, 5) is 28.8. The first-order valence-corrected chi connectivity index (χ1v) is 8.83. The van der Waals surface area contributed by atoms with Crippen molar-refractivity contribution in [2.24, 2.45) is 11.8 Å². The van der Waals surface area contributed by atoms with E-state index in [1.807, 2.05) is 42.5 Å². The standard InChI is InChI=1S/C21H22N2O3/c1-22-20(24)17-13-23(12-14-6-4-3-5-7-14)19(18(17)21(22)25)15-8-10-16(26-2)11-9-15/h3-11,17-19H,12-13H2,1-2H3/t17-,18+,19+/m0/s1. The zero-order valence-corrected chi connectivity index (χ0v) is 15.0. The lowest BCUT2D eigenvalue weighted by Crippen LogP contribution is -2.34. The highest BCUT2D eigenvalue weighted by Crippen LogP contribution is 2.46. The van der Waals surface area contributed by atoms with Crippen LogP contribution in [0.25, 0.3) is 0 Å². The first kappa shape index (κ1) is 16.8. The number of hydrogen-bond donors (Lipinski definition) is 0. The molecule has 0 unspecified atom stereocenters. The van der Waals surface area contributed by atoms with E-state index in [0.717, 1.165) is 17.9 Å². The van der Waals surface area contributed by atoms with Crippen molar-refractivity contribution < 1.29 is 14.3 Å². The molecule has 2 aromatic rings. The Morgan fingerprint density at radius 3 is 2.35 bits per heavy atom. The lowest BCUT2D eigenvalue weighted by atomic mass is 9.88. The fourth-order valence-corrected chi connectivity index (χ4v) is 4.25. The van der Waals surface area contributed by atoms with Crippen LogP contribution in [0.15, 0.2) is 54.6 Å². The Labute approximate surface area is 153 Å². The number of imide groups is 1. The van der Waals surface area contributed by atoms with E-state index in [1.165, 1.54) is 10.5 Å². The van der Waals surface area contributed by atoms with E-state index < -0.39 is 0 Å². The Balaban J connectivity index is 1.70. The Hall–Kier alpha value is -2.66. The second kappa shape index (κ2) is 6.57. The number of benzene rings is 2. The number of rotatable bonds is 4. The van der Waals surface area contributed by atoms with Crippen molar-refractivity contribution in [3.05, 3.63) is 65.7 Å². The third-order valence-corrected chi connectivity index (χ3v) is 5.55. The first-order chi connectivity index (χ1) is 12.6. The molecule has 2 aliphatic heterocycles. The summed E-state index contributed by atoms with van der Waals surface area (Å²) in [5.74, 6) is 0.0715. The molecule has 4 rings (SSSR count). The highest BCUT2D eigenvalue weighted by molar-refractivity contribution is 6.05. The van der Waals surface area contributed by atoms with Crippen molar-refractivity contribution in [1.82, 2.24) is 9.80 Å². The van der Waals surface area contributed by atoms with Crippen LogP contribution in [-0.4, -0.2) is 42.3 Å². The van der Waals surface area contributed by atoms with E-state index in [1.54, 1.807) is 14.2 Å². The molecule has 2 amide bonds. The zero-order chi connectivity index (χ0) is 18.3. The second-order valence-corrected chi connectivity index (χ2v) is 7.00. The molecule has 0 spiro atoms. The topological polar surface area (TPSA) is 49.9 Å². The van der Waals surface area contributed by atoms with Gasteiger partial charge in [0.05, 0.1) is 18.9 Å². The van der Waals surface area contributed by atoms with Crippen LogP contribution in [0.4, 0.5) is 0 Å². The van der Waals surface area contributed by atoms with Gasteiger partial charge in [0.25, 0.3) is 0 Å². The molecule has 2 fully saturated rings. The Bertz CT molecular complexity index is 819. The fraction of sp³-hybridized carbons (Fsp3) is 0.333. The van der Waals surface area contributed by atoms with Gasteiger partial charge in [-0.2, -0.15) is 0 Å². The normalized spacial score (nSPS) is 25.6. The van der Waals surface area contributed by atoms with Crippen molar-refractivity contribution in [3.63, 3.8) is 0 Å². The SMILES string of the molecule is COc1ccc([C@@H]2[C@@H]3C(=O)N(C)C(=O)[C@H]3CN2Cc2ccccc2)cc1. The van der Waals surface area contributed by atoms with Crippen LogP contribution < -0.4 is 4.74 Å². The van der Waals surface area contributed by atoms with Gasteiger partial charge in [0.1, 0.15) is 5.75 Å². The smallest absolute Gasteiger partial charge is 0.234 e. The van der Waals surface area contributed by atoms with E-state index in [4.69, 9.17) is 4.74 Å². The van der Waals surface area contributed by atoms with Crippen LogP contribution in [0.1, 0.15) is 17.2 Å². The van der Waals surface area contributed by atoms with E-state index >= 15 is 0 Å². The van der Waals surface area contributed by atoms with Crippen molar-refractivity contribution >= 4 is 11.8 Å². The van der Waals surface area contributed by atoms with E-state index in [9.17, 15) is 9.59 Å². The maximum atomic E-state index is 12.8. The molecule has 0 bridgehead atoms. The van der Waals surface area contributed by atoms with Crippen LogP contribution in [0.3, 0.4) is 0 Å². The van der Waals surface area contributed by atoms with Gasteiger partial charge in [0.15, 0.2) is 0 Å². The summed E-state index contributed by atoms with van der Waals surface area (Å²) >= 11 is 0. The van der Waals surface area contributed by atoms with Gasteiger partial charge in [-0.25, -0.2) is 0 Å². The van der Waals surface area contributed by atoms with Crippen LogP contribution in [0, 0.1) is 11.8 Å². The molecule has 2 saturated heterocycles. The summed E-state index contributed by atoms with van der Waals surface area (Å²) < 4.78 is 5.25. The quantitative estimate of drug-likeness (QED) is 0.795. The number of methoxy groups -OCH3 is 1. The van der Waals surface area contributed by atoms with Gasteiger partial charge in [-0.1, -0.05) is 42.5 Å². The van der Waals surface area contributed by atoms with Crippen molar-refractivity contribution in [2.45, 2.75) is 12.6 Å². The third kappa shape index (κ3) is 2.69. The lowest BCUT2D eigenvalue weighted by molar-refractivity contribution is -0.139. The molecule has 2 heterocycles. The number of carbonyl (C=O) groups excluding carboxylic acids is 2. The van der Waals surface area contributed by atoms with Gasteiger partial charge in [-0.3, -0.25) is 19.4 Å². The van der Waals surface area contributed by atoms with Crippen LogP contribution in [0.2, 0.25) is 0 Å². The van der Waals surface area contributed by atoms with Gasteiger partial charge in [0.2, 0.25) is 11.8 Å². The number of hydrogen-bond acceptors (Lipinski definition) is 4. The molecular weight excluding hydrogens is 328 g/mol. The molecule has 0 N–H and O–H groups in total. The molecule has 134 valence electrons. The summed E-state index contributed by atoms with van der Waals surface area (Å²) in [6.45, 7) is 1.32. The maximum absolute atomic E-state index is 12.8. The molecule has 3 atom stereocenters. The van der Waals surface area contributed by atoms with Crippen LogP contribution in [0.5, 0.6) is 5.75 Å². The van der Waals surface area contributed by atoms with Gasteiger partial charge in [-0.05, 0) is 23.3 Å². The minimum atomic E-state index is -0.315. The second-order valence-electron chi connectivity index (χ2n) is 7.00. The largest absolute Gasteiger partial charge is 0.497 e. The number of likely N-dealkylation sites (tertiary alicyclic amines) is 2. The van der Waals surface area contributed by atoms with Gasteiger partial charge < -0.3 is 4.74 Å². The minimum absolute atomic E-state index is 0.0610. The highest BCUT2D eigenvalue weighted by atomic mass is 16.5. The molecule has 2 aliphatic rings. The summed E-state index contributed by atoms with van der Waals surface area (Å²) in [5.41, 5.74) is 2.23. The predicted molar refractivity (Wildman–Crippen MR) is 97.3 cm³/mol.